The van der Waals surface area contributed by atoms with Crippen LogP contribution in [0.5, 0.6) is 0 Å². The van der Waals surface area contributed by atoms with Gasteiger partial charge in [0.25, 0.3) is 13.4 Å². The quantitative estimate of drug-likeness (QED) is 0.126. The van der Waals surface area contributed by atoms with Gasteiger partial charge in [-0.2, -0.15) is 0 Å². The van der Waals surface area contributed by atoms with Crippen molar-refractivity contribution in [2.45, 2.75) is 13.8 Å². The van der Waals surface area contributed by atoms with Crippen molar-refractivity contribution in [1.29, 1.82) is 0 Å². The van der Waals surface area contributed by atoms with Crippen LogP contribution in [0.1, 0.15) is 11.1 Å². The second kappa shape index (κ2) is 20.8. The molecule has 0 unspecified atom stereocenters. The van der Waals surface area contributed by atoms with E-state index in [1.807, 2.05) is 0 Å². The second-order valence-electron chi connectivity index (χ2n) is 23.4. The van der Waals surface area contributed by atoms with Gasteiger partial charge in [-0.25, -0.2) is 0 Å². The number of fused-ring (bicyclic) bond motifs is 8. The fourth-order valence-electron chi connectivity index (χ4n) is 14.5. The molecule has 17 rings (SSSR count). The molecule has 0 amide bonds. The summed E-state index contributed by atoms with van der Waals surface area (Å²) in [6.07, 6.45) is 0. The van der Waals surface area contributed by atoms with E-state index in [2.05, 4.69) is 359 Å². The van der Waals surface area contributed by atoms with E-state index in [1.165, 1.54) is 43.9 Å². The Kier molecular flexibility index (Phi) is 12.1. The summed E-state index contributed by atoms with van der Waals surface area (Å²) in [5, 5.41) is 0. The maximum atomic E-state index is 2.63. The number of anilines is 18. The Morgan fingerprint density at radius 3 is 0.818 bits per heavy atom. The van der Waals surface area contributed by atoms with Crippen LogP contribution in [0.2, 0.25) is 0 Å². The minimum Gasteiger partial charge on any atom is -0.311 e. The van der Waals surface area contributed by atoms with Crippen LogP contribution in [0, 0.1) is 13.8 Å². The van der Waals surface area contributed by atoms with Crippen LogP contribution in [-0.2, 0) is 0 Å². The van der Waals surface area contributed by atoms with Crippen LogP contribution >= 0.6 is 0 Å². The Balaban J connectivity index is 1.00. The Morgan fingerprint density at radius 1 is 0.216 bits per heavy atom. The summed E-state index contributed by atoms with van der Waals surface area (Å²) in [5.74, 6) is 0. The minimum absolute atomic E-state index is 0.153. The number of rotatable bonds is 10. The Morgan fingerprint density at radius 2 is 0.489 bits per heavy atom. The monoisotopic (exact) mass is 1120 g/mol. The molecule has 4 heterocycles. The van der Waals surface area contributed by atoms with E-state index in [0.717, 1.165) is 102 Å². The number of aryl methyl sites for hydroxylation is 2. The molecule has 414 valence electrons. The summed E-state index contributed by atoms with van der Waals surface area (Å²) in [7, 11) is 0. The molecule has 0 atom stereocenters. The van der Waals surface area contributed by atoms with Crippen molar-refractivity contribution in [3.05, 3.63) is 327 Å². The Hall–Kier alpha value is -11.2. The van der Waals surface area contributed by atoms with Crippen molar-refractivity contribution in [3.8, 4) is 0 Å². The fourth-order valence-corrected chi connectivity index (χ4v) is 14.5. The summed E-state index contributed by atoms with van der Waals surface area (Å²) in [6, 6.07) is 117. The normalized spacial score (nSPS) is 13.0. The number of para-hydroxylation sites is 8. The van der Waals surface area contributed by atoms with Crippen molar-refractivity contribution in [2.24, 2.45) is 0 Å². The molecule has 6 nitrogen and oxygen atoms in total. The van der Waals surface area contributed by atoms with Gasteiger partial charge >= 0.3 is 0 Å². The van der Waals surface area contributed by atoms with Crippen LogP contribution in [0.25, 0.3) is 0 Å². The largest absolute Gasteiger partial charge is 0.311 e. The molecule has 8 heteroatoms. The highest BCUT2D eigenvalue weighted by Gasteiger charge is 2.49. The lowest BCUT2D eigenvalue weighted by Gasteiger charge is -2.48. The molecule has 0 N–H and O–H groups in total. The fraction of sp³-hybridized carbons (Fsp3) is 0.0250. The average molecular weight is 1130 g/mol. The number of hydrogen-bond acceptors (Lipinski definition) is 6. The van der Waals surface area contributed by atoms with Gasteiger partial charge < -0.3 is 29.4 Å². The van der Waals surface area contributed by atoms with Gasteiger partial charge in [-0.1, -0.05) is 187 Å². The van der Waals surface area contributed by atoms with E-state index >= 15 is 0 Å². The minimum atomic E-state index is -0.153. The predicted molar refractivity (Wildman–Crippen MR) is 373 cm³/mol. The first-order valence-corrected chi connectivity index (χ1v) is 30.5. The number of benzene rings is 13. The van der Waals surface area contributed by atoms with Gasteiger partial charge in [0, 0.05) is 91.0 Å². The van der Waals surface area contributed by atoms with Crippen LogP contribution in [-0.4, -0.2) is 13.4 Å². The van der Waals surface area contributed by atoms with Gasteiger partial charge in [0.05, 0.1) is 11.4 Å². The first-order chi connectivity index (χ1) is 43.5. The van der Waals surface area contributed by atoms with Crippen LogP contribution < -0.4 is 62.2 Å². The zero-order valence-electron chi connectivity index (χ0n) is 48.9. The molecular weight excluding hydrogens is 1070 g/mol. The number of hydrogen-bond donors (Lipinski definition) is 0. The van der Waals surface area contributed by atoms with E-state index in [4.69, 9.17) is 0 Å². The maximum absolute atomic E-state index is 2.63. The molecule has 0 spiro atoms. The van der Waals surface area contributed by atoms with E-state index in [1.54, 1.807) is 0 Å². The molecule has 0 bridgehead atoms. The third kappa shape index (κ3) is 8.20. The van der Waals surface area contributed by atoms with Gasteiger partial charge in [-0.3, -0.25) is 0 Å². The lowest BCUT2D eigenvalue weighted by atomic mass is 9.30. The highest BCUT2D eigenvalue weighted by molar-refractivity contribution is 7.03. The lowest BCUT2D eigenvalue weighted by Crippen LogP contribution is -2.65. The zero-order valence-corrected chi connectivity index (χ0v) is 48.9. The molecule has 4 aliphatic rings. The van der Waals surface area contributed by atoms with Crippen LogP contribution in [0.15, 0.2) is 315 Å². The van der Waals surface area contributed by atoms with Crippen molar-refractivity contribution >= 4 is 149 Å². The van der Waals surface area contributed by atoms with Crippen molar-refractivity contribution in [3.63, 3.8) is 0 Å². The van der Waals surface area contributed by atoms with E-state index in [0.29, 0.717) is 0 Å². The third-order valence-electron chi connectivity index (χ3n) is 18.2. The van der Waals surface area contributed by atoms with Crippen molar-refractivity contribution < 1.29 is 0 Å². The molecule has 0 saturated heterocycles. The molecule has 88 heavy (non-hydrogen) atoms. The van der Waals surface area contributed by atoms with Crippen LogP contribution in [0.4, 0.5) is 102 Å². The van der Waals surface area contributed by atoms with E-state index in [9.17, 15) is 0 Å². The molecule has 0 fully saturated rings. The van der Waals surface area contributed by atoms with Gasteiger partial charge in [0.2, 0.25) is 0 Å². The van der Waals surface area contributed by atoms with Gasteiger partial charge in [0.15, 0.2) is 0 Å². The zero-order chi connectivity index (χ0) is 58.4. The van der Waals surface area contributed by atoms with Crippen molar-refractivity contribution in [2.75, 3.05) is 29.4 Å². The molecular formula is C80H58B2N6. The summed E-state index contributed by atoms with van der Waals surface area (Å²) in [5.41, 5.74) is 30.0. The molecule has 0 saturated carbocycles. The maximum Gasteiger partial charge on any atom is 0.252 e. The summed E-state index contributed by atoms with van der Waals surface area (Å²) < 4.78 is 0. The summed E-state index contributed by atoms with van der Waals surface area (Å²) >= 11 is 0. The van der Waals surface area contributed by atoms with E-state index < -0.39 is 0 Å². The first-order valence-electron chi connectivity index (χ1n) is 30.5. The Labute approximate surface area is 515 Å². The smallest absolute Gasteiger partial charge is 0.252 e. The molecule has 0 radical (unpaired) electrons. The van der Waals surface area contributed by atoms with Crippen LogP contribution in [0.3, 0.4) is 0 Å². The molecule has 0 aliphatic carbocycles. The first kappa shape index (κ1) is 51.2. The van der Waals surface area contributed by atoms with Gasteiger partial charge in [-0.05, 0) is 186 Å². The standard InChI is InChI=1S/C80H58B2N6/c1-55-41-45-63(46-42-55)87-73-54-74-70(53-69(73)81-67-37-21-23-39-71(67)85(61-33-17-7-18-34-61)75-49-65(51-77(87)79(75)81)83(57-25-9-3-10-26-57)58-27-11-4-12-28-58)82-68-38-22-24-40-72(68)86(62-35-19-8-20-36-62)76-50-66(52-78(80(76)82)88(74)64-47-43-56(2)44-48-64)84(59-29-13-5-14-30-59)60-31-15-6-16-32-60/h3-54H,1-2H3. The molecule has 0 aromatic heterocycles. The highest BCUT2D eigenvalue weighted by Crippen LogP contribution is 2.52. The third-order valence-corrected chi connectivity index (χ3v) is 18.2. The molecule has 13 aromatic carbocycles. The van der Waals surface area contributed by atoms with Gasteiger partial charge in [0.1, 0.15) is 0 Å². The Bertz CT molecular complexity index is 4400. The highest BCUT2D eigenvalue weighted by atomic mass is 15.2. The molecule has 4 aliphatic heterocycles. The number of nitrogens with zero attached hydrogens (tertiary/aromatic N) is 6. The second-order valence-corrected chi connectivity index (χ2v) is 23.4. The van der Waals surface area contributed by atoms with Crippen molar-refractivity contribution in [1.82, 2.24) is 0 Å². The van der Waals surface area contributed by atoms with Gasteiger partial charge in [-0.15, -0.1) is 0 Å². The average Bonchev–Trinajstić information content (AvgIpc) is 1.02. The predicted octanol–water partition coefficient (Wildman–Crippen LogP) is 17.4. The summed E-state index contributed by atoms with van der Waals surface area (Å²) in [4.78, 5) is 15.0. The van der Waals surface area contributed by atoms with E-state index in [-0.39, 0.29) is 13.4 Å². The SMILES string of the molecule is Cc1ccc(N2c3cc4c(cc3B3c5ccccc5N(c5ccccc5)c5cc(N(c6ccccc6)c6ccccc6)cc2c53)B2c3ccccc3N(c3ccccc3)c3cc(N(c5ccccc5)c5ccccc5)cc(c32)N4c2ccc(C)cc2)cc1. The summed E-state index contributed by atoms with van der Waals surface area (Å²) in [6.45, 7) is 4.07. The molecule has 13 aromatic rings. The lowest BCUT2D eigenvalue weighted by molar-refractivity contribution is 1.21. The topological polar surface area (TPSA) is 19.4 Å².